The monoisotopic (exact) mass is 518 g/mol. The van der Waals surface area contributed by atoms with E-state index in [1.165, 1.54) is 0 Å². The normalized spacial score (nSPS) is 20.3. The summed E-state index contributed by atoms with van der Waals surface area (Å²) in [6, 6.07) is 6.83. The van der Waals surface area contributed by atoms with Crippen LogP contribution in [0.1, 0.15) is 106 Å². The molecule has 5 nitrogen and oxygen atoms in total. The number of hydrogen-bond donors (Lipinski definition) is 1. The van der Waals surface area contributed by atoms with Gasteiger partial charge in [0.05, 0.1) is 17.8 Å². The van der Waals surface area contributed by atoms with Crippen LogP contribution in [0.2, 0.25) is 18.1 Å². The average molecular weight is 519 g/mol. The second-order valence-corrected chi connectivity index (χ2v) is 18.6. The van der Waals surface area contributed by atoms with Crippen LogP contribution in [-0.2, 0) is 14.0 Å². The smallest absolute Gasteiger partial charge is 0.306 e. The molecule has 0 amide bonds. The van der Waals surface area contributed by atoms with Crippen molar-refractivity contribution in [3.63, 3.8) is 0 Å². The summed E-state index contributed by atoms with van der Waals surface area (Å²) in [4.78, 5) is 14.9. The van der Waals surface area contributed by atoms with E-state index in [-0.39, 0.29) is 16.9 Å². The van der Waals surface area contributed by atoms with Gasteiger partial charge in [0.25, 0.3) is 0 Å². The van der Waals surface area contributed by atoms with E-state index < -0.39 is 13.9 Å². The molecule has 6 heteroatoms. The van der Waals surface area contributed by atoms with Crippen molar-refractivity contribution >= 4 is 25.7 Å². The zero-order valence-corrected chi connectivity index (χ0v) is 26.0. The molecule has 1 aromatic rings. The zero-order valence-electron chi connectivity index (χ0n) is 25.0. The first-order valence-corrected chi connectivity index (χ1v) is 16.9. The van der Waals surface area contributed by atoms with Crippen molar-refractivity contribution < 1.29 is 14.0 Å². The summed E-state index contributed by atoms with van der Waals surface area (Å²) in [6.07, 6.45) is 5.19. The number of ether oxygens (including phenoxy) is 1. The van der Waals surface area contributed by atoms with Gasteiger partial charge in [0, 0.05) is 18.7 Å². The number of nitrogens with zero attached hydrogens (tertiary/aromatic N) is 1. The lowest BCUT2D eigenvalue weighted by atomic mass is 9.90. The summed E-state index contributed by atoms with van der Waals surface area (Å²) in [7, 11) is -1.75. The minimum Gasteiger partial charge on any atom is -0.460 e. The Kier molecular flexibility index (Phi) is 10.1. The Labute approximate surface area is 222 Å². The first-order chi connectivity index (χ1) is 16.4. The van der Waals surface area contributed by atoms with Crippen LogP contribution < -0.4 is 10.6 Å². The molecule has 1 aromatic carbocycles. The minimum absolute atomic E-state index is 0.0534. The highest BCUT2D eigenvalue weighted by atomic mass is 28.4. The van der Waals surface area contributed by atoms with Crippen LogP contribution >= 0.6 is 0 Å². The molecule has 36 heavy (non-hydrogen) atoms. The Balaban J connectivity index is 2.12. The lowest BCUT2D eigenvalue weighted by Crippen LogP contribution is -2.47. The number of hydrogen-bond acceptors (Lipinski definition) is 5. The molecular weight excluding hydrogens is 464 g/mol. The Morgan fingerprint density at radius 3 is 2.11 bits per heavy atom. The molecule has 2 rings (SSSR count). The molecule has 1 saturated carbocycles. The molecule has 1 unspecified atom stereocenters. The van der Waals surface area contributed by atoms with Gasteiger partial charge >= 0.3 is 5.97 Å². The van der Waals surface area contributed by atoms with Gasteiger partial charge in [-0.25, -0.2) is 0 Å². The molecule has 0 saturated heterocycles. The molecule has 0 bridgehead atoms. The van der Waals surface area contributed by atoms with Crippen molar-refractivity contribution in [2.24, 2.45) is 5.92 Å². The Morgan fingerprint density at radius 1 is 1.06 bits per heavy atom. The van der Waals surface area contributed by atoms with Crippen molar-refractivity contribution in [2.45, 2.75) is 136 Å². The number of nitrogen functional groups attached to an aromatic ring is 1. The van der Waals surface area contributed by atoms with Gasteiger partial charge in [-0.3, -0.25) is 4.79 Å². The fourth-order valence-corrected chi connectivity index (χ4v) is 6.22. The molecule has 0 spiro atoms. The van der Waals surface area contributed by atoms with E-state index in [1.807, 2.05) is 20.8 Å². The van der Waals surface area contributed by atoms with Gasteiger partial charge in [0.15, 0.2) is 8.32 Å². The third kappa shape index (κ3) is 8.79. The van der Waals surface area contributed by atoms with E-state index in [2.05, 4.69) is 77.7 Å². The molecule has 2 N–H and O–H groups in total. The zero-order chi connectivity index (χ0) is 27.5. The fraction of sp³-hybridized carbons (Fsp3) is 0.767. The van der Waals surface area contributed by atoms with E-state index in [4.69, 9.17) is 14.9 Å². The highest BCUT2D eigenvalue weighted by molar-refractivity contribution is 6.74. The van der Waals surface area contributed by atoms with Crippen molar-refractivity contribution in [2.75, 3.05) is 17.2 Å². The van der Waals surface area contributed by atoms with E-state index in [0.29, 0.717) is 24.5 Å². The third-order valence-corrected chi connectivity index (χ3v) is 12.3. The van der Waals surface area contributed by atoms with Crippen molar-refractivity contribution in [1.82, 2.24) is 0 Å². The minimum atomic E-state index is -1.75. The predicted octanol–water partition coefficient (Wildman–Crippen LogP) is 7.90. The topological polar surface area (TPSA) is 64.8 Å². The molecule has 0 aromatic heterocycles. The summed E-state index contributed by atoms with van der Waals surface area (Å²) < 4.78 is 12.3. The standard InChI is InChI=1S/C30H54N2O3Si/c1-21(2)20-32(24-13-15-25(16-14-24)35-36(10,11)30(7,8)9)27-17-12-23(19-26(27)31)22(3)18-28(33)34-29(4,5)6/h12,17,19,21-22,24-25H,13-16,18,20,31H2,1-11H3. The van der Waals surface area contributed by atoms with Crippen molar-refractivity contribution in [1.29, 1.82) is 0 Å². The van der Waals surface area contributed by atoms with Crippen molar-refractivity contribution in [3.05, 3.63) is 23.8 Å². The van der Waals surface area contributed by atoms with Crippen LogP contribution in [0.5, 0.6) is 0 Å². The predicted molar refractivity (Wildman–Crippen MR) is 156 cm³/mol. The lowest BCUT2D eigenvalue weighted by molar-refractivity contribution is -0.155. The van der Waals surface area contributed by atoms with Gasteiger partial charge in [-0.05, 0) is 94.1 Å². The van der Waals surface area contributed by atoms with Gasteiger partial charge in [-0.1, -0.05) is 47.6 Å². The second kappa shape index (κ2) is 11.9. The van der Waals surface area contributed by atoms with Crippen LogP contribution in [-0.4, -0.2) is 38.6 Å². The van der Waals surface area contributed by atoms with Crippen LogP contribution in [0.25, 0.3) is 0 Å². The molecular formula is C30H54N2O3Si. The number of nitrogens with two attached hydrogens (primary N) is 1. The van der Waals surface area contributed by atoms with Gasteiger partial charge in [-0.2, -0.15) is 0 Å². The lowest BCUT2D eigenvalue weighted by Gasteiger charge is -2.44. The second-order valence-electron chi connectivity index (χ2n) is 13.9. The maximum absolute atomic E-state index is 12.3. The molecule has 0 radical (unpaired) electrons. The highest BCUT2D eigenvalue weighted by Gasteiger charge is 2.40. The summed E-state index contributed by atoms with van der Waals surface area (Å²) >= 11 is 0. The number of rotatable bonds is 9. The molecule has 206 valence electrons. The first-order valence-electron chi connectivity index (χ1n) is 14.0. The Bertz CT molecular complexity index is 862. The van der Waals surface area contributed by atoms with Crippen LogP contribution in [0.4, 0.5) is 11.4 Å². The maximum atomic E-state index is 12.3. The number of anilines is 2. The number of carbonyl (C=O) groups excluding carboxylic acids is 1. The quantitative estimate of drug-likeness (QED) is 0.204. The molecule has 1 fully saturated rings. The molecule has 0 heterocycles. The third-order valence-electron chi connectivity index (χ3n) is 7.74. The molecule has 0 aliphatic heterocycles. The van der Waals surface area contributed by atoms with Gasteiger partial charge < -0.3 is 19.8 Å². The highest BCUT2D eigenvalue weighted by Crippen LogP contribution is 2.40. The van der Waals surface area contributed by atoms with Crippen LogP contribution in [0.15, 0.2) is 18.2 Å². The number of esters is 1. The van der Waals surface area contributed by atoms with E-state index in [0.717, 1.165) is 49.2 Å². The fourth-order valence-electron chi connectivity index (χ4n) is 4.80. The largest absolute Gasteiger partial charge is 0.460 e. The summed E-state index contributed by atoms with van der Waals surface area (Å²) in [5.74, 6) is 0.421. The van der Waals surface area contributed by atoms with Gasteiger partial charge in [0.2, 0.25) is 0 Å². The molecule has 1 aliphatic rings. The van der Waals surface area contributed by atoms with Crippen molar-refractivity contribution in [3.8, 4) is 0 Å². The van der Waals surface area contributed by atoms with Gasteiger partial charge in [-0.15, -0.1) is 0 Å². The van der Waals surface area contributed by atoms with E-state index in [1.54, 1.807) is 0 Å². The SMILES string of the molecule is CC(C)CN(c1ccc(C(C)CC(=O)OC(C)(C)C)cc1N)C1CCC(O[Si](C)(C)C(C)(C)C)CC1. The van der Waals surface area contributed by atoms with E-state index in [9.17, 15) is 4.79 Å². The molecule has 1 atom stereocenters. The van der Waals surface area contributed by atoms with Crippen LogP contribution in [0, 0.1) is 5.92 Å². The number of carbonyl (C=O) groups is 1. The van der Waals surface area contributed by atoms with Crippen LogP contribution in [0.3, 0.4) is 0 Å². The Hall–Kier alpha value is -1.53. The number of benzene rings is 1. The summed E-state index contributed by atoms with van der Waals surface area (Å²) in [6.45, 7) is 25.0. The summed E-state index contributed by atoms with van der Waals surface area (Å²) in [5, 5.41) is 0.240. The summed E-state index contributed by atoms with van der Waals surface area (Å²) in [5.41, 5.74) is 9.18. The van der Waals surface area contributed by atoms with Gasteiger partial charge in [0.1, 0.15) is 5.60 Å². The Morgan fingerprint density at radius 2 is 1.64 bits per heavy atom. The maximum Gasteiger partial charge on any atom is 0.306 e. The molecule has 1 aliphatic carbocycles. The first kappa shape index (κ1) is 30.7. The van der Waals surface area contributed by atoms with E-state index >= 15 is 0 Å². The average Bonchev–Trinajstić information content (AvgIpc) is 2.70.